The van der Waals surface area contributed by atoms with E-state index in [9.17, 15) is 4.79 Å². The molecule has 0 unspecified atom stereocenters. The fraction of sp³-hybridized carbons (Fsp3) is 0.154. The molecule has 0 atom stereocenters. The van der Waals surface area contributed by atoms with E-state index in [0.29, 0.717) is 35.8 Å². The molecule has 6 rings (SSSR count). The number of carbonyl (C=O) groups excluding carboxylic acids is 1. The number of hydrogen-bond acceptors (Lipinski definition) is 8. The van der Waals surface area contributed by atoms with Gasteiger partial charge in [-0.2, -0.15) is 5.10 Å². The molecule has 1 fully saturated rings. The molecular weight excluding hydrogens is 456 g/mol. The number of hydrogen-bond donors (Lipinski definition) is 1. The lowest BCUT2D eigenvalue weighted by Crippen LogP contribution is -2.48. The van der Waals surface area contributed by atoms with Crippen LogP contribution in [0.5, 0.6) is 11.5 Å². The zero-order chi connectivity index (χ0) is 24.6. The van der Waals surface area contributed by atoms with Crippen molar-refractivity contribution in [2.75, 3.05) is 18.4 Å². The van der Waals surface area contributed by atoms with Crippen molar-refractivity contribution < 1.29 is 9.53 Å². The lowest BCUT2D eigenvalue weighted by atomic mass is 9.95. The SMILES string of the molecule is C=CC(=O)N1CC(c2ccc3ncnc(Nc4ccc(Oc5ccn6ncnc6c5)c(C)c4)c3n2)C1. The van der Waals surface area contributed by atoms with E-state index >= 15 is 0 Å². The van der Waals surface area contributed by atoms with Gasteiger partial charge in [-0.1, -0.05) is 6.58 Å². The number of likely N-dealkylation sites (tertiary alicyclic amines) is 1. The second-order valence-corrected chi connectivity index (χ2v) is 8.60. The Morgan fingerprint density at radius 1 is 1.11 bits per heavy atom. The third kappa shape index (κ3) is 3.98. The number of benzene rings is 1. The summed E-state index contributed by atoms with van der Waals surface area (Å²) in [5, 5.41) is 7.47. The Morgan fingerprint density at radius 3 is 2.83 bits per heavy atom. The number of ether oxygens (including phenoxy) is 1. The molecule has 1 saturated heterocycles. The number of nitrogens with zero attached hydrogens (tertiary/aromatic N) is 7. The van der Waals surface area contributed by atoms with Crippen molar-refractivity contribution in [3.8, 4) is 11.5 Å². The molecule has 178 valence electrons. The highest BCUT2D eigenvalue weighted by Crippen LogP contribution is 2.31. The Balaban J connectivity index is 1.22. The Morgan fingerprint density at radius 2 is 2.00 bits per heavy atom. The molecule has 10 nitrogen and oxygen atoms in total. The molecule has 5 aromatic rings. The van der Waals surface area contributed by atoms with Gasteiger partial charge in [-0.25, -0.2) is 24.5 Å². The summed E-state index contributed by atoms with van der Waals surface area (Å²) in [5.41, 5.74) is 4.87. The summed E-state index contributed by atoms with van der Waals surface area (Å²) in [7, 11) is 0. The molecule has 4 aromatic heterocycles. The summed E-state index contributed by atoms with van der Waals surface area (Å²) < 4.78 is 7.76. The predicted octanol–water partition coefficient (Wildman–Crippen LogP) is 4.02. The molecule has 0 bridgehead atoms. The van der Waals surface area contributed by atoms with Gasteiger partial charge < -0.3 is 15.0 Å². The van der Waals surface area contributed by atoms with Crippen molar-refractivity contribution in [2.45, 2.75) is 12.8 Å². The van der Waals surface area contributed by atoms with E-state index in [1.807, 2.05) is 55.6 Å². The van der Waals surface area contributed by atoms with E-state index in [2.05, 4.69) is 31.9 Å². The van der Waals surface area contributed by atoms with Crippen LogP contribution in [0, 0.1) is 6.92 Å². The van der Waals surface area contributed by atoms with Gasteiger partial charge in [0.15, 0.2) is 11.5 Å². The molecule has 1 aliphatic rings. The minimum Gasteiger partial charge on any atom is -0.457 e. The van der Waals surface area contributed by atoms with Crippen molar-refractivity contribution in [2.24, 2.45) is 0 Å². The summed E-state index contributed by atoms with van der Waals surface area (Å²) in [4.78, 5) is 31.4. The zero-order valence-corrected chi connectivity index (χ0v) is 19.5. The van der Waals surface area contributed by atoms with Gasteiger partial charge in [0.25, 0.3) is 0 Å². The van der Waals surface area contributed by atoms with E-state index in [1.54, 1.807) is 9.42 Å². The molecule has 0 aliphatic carbocycles. The van der Waals surface area contributed by atoms with Crippen LogP contribution in [0.15, 0.2) is 74.0 Å². The maximum atomic E-state index is 11.8. The highest BCUT2D eigenvalue weighted by Gasteiger charge is 2.31. The van der Waals surface area contributed by atoms with Gasteiger partial charge in [0.1, 0.15) is 29.7 Å². The molecule has 0 spiro atoms. The molecular formula is C26H22N8O2. The van der Waals surface area contributed by atoms with Gasteiger partial charge in [0.2, 0.25) is 5.91 Å². The Hall–Kier alpha value is -4.86. The number of carbonyl (C=O) groups is 1. The normalized spacial score (nSPS) is 13.5. The monoisotopic (exact) mass is 478 g/mol. The average molecular weight is 479 g/mol. The second-order valence-electron chi connectivity index (χ2n) is 8.60. The number of fused-ring (bicyclic) bond motifs is 2. The molecule has 0 saturated carbocycles. The number of aryl methyl sites for hydroxylation is 1. The lowest BCUT2D eigenvalue weighted by Gasteiger charge is -2.38. The van der Waals surface area contributed by atoms with Crippen LogP contribution in [0.3, 0.4) is 0 Å². The fourth-order valence-electron chi connectivity index (χ4n) is 4.21. The number of aromatic nitrogens is 6. The largest absolute Gasteiger partial charge is 0.457 e. The van der Waals surface area contributed by atoms with Crippen LogP contribution in [0.2, 0.25) is 0 Å². The molecule has 5 heterocycles. The summed E-state index contributed by atoms with van der Waals surface area (Å²) in [5.74, 6) is 2.16. The highest BCUT2D eigenvalue weighted by molar-refractivity contribution is 5.88. The van der Waals surface area contributed by atoms with Crippen molar-refractivity contribution >= 4 is 34.1 Å². The van der Waals surface area contributed by atoms with E-state index in [1.165, 1.54) is 18.7 Å². The molecule has 1 amide bonds. The smallest absolute Gasteiger partial charge is 0.245 e. The zero-order valence-electron chi connectivity index (χ0n) is 19.5. The third-order valence-corrected chi connectivity index (χ3v) is 6.21. The third-order valence-electron chi connectivity index (χ3n) is 6.21. The molecule has 1 N–H and O–H groups in total. The standard InChI is InChI=1S/C26H22N8O2/c1-3-24(35)33-12-17(13-33)20-5-6-21-25(32-20)26(29-14-27-21)31-18-4-7-22(16(2)10-18)36-19-8-9-34-23(11-19)28-15-30-34/h3-11,14-15,17H,1,12-13H2,2H3,(H,27,29,31). The quantitative estimate of drug-likeness (QED) is 0.364. The minimum atomic E-state index is -0.0559. The van der Waals surface area contributed by atoms with Crippen molar-refractivity contribution in [1.82, 2.24) is 34.4 Å². The van der Waals surface area contributed by atoms with Crippen LogP contribution in [0.25, 0.3) is 16.7 Å². The number of rotatable bonds is 6. The maximum absolute atomic E-state index is 11.8. The summed E-state index contributed by atoms with van der Waals surface area (Å²) in [6, 6.07) is 13.4. The number of anilines is 2. The average Bonchev–Trinajstić information content (AvgIpc) is 3.33. The van der Waals surface area contributed by atoms with Gasteiger partial charge in [0, 0.05) is 42.7 Å². The summed E-state index contributed by atoms with van der Waals surface area (Å²) in [6.07, 6.45) is 6.17. The van der Waals surface area contributed by atoms with Gasteiger partial charge in [-0.3, -0.25) is 4.79 Å². The topological polar surface area (TPSA) is 110 Å². The van der Waals surface area contributed by atoms with Crippen LogP contribution in [0.4, 0.5) is 11.5 Å². The van der Waals surface area contributed by atoms with Gasteiger partial charge in [-0.15, -0.1) is 0 Å². The van der Waals surface area contributed by atoms with Crippen molar-refractivity contribution in [1.29, 1.82) is 0 Å². The maximum Gasteiger partial charge on any atom is 0.245 e. The van der Waals surface area contributed by atoms with Crippen LogP contribution in [-0.4, -0.2) is 53.4 Å². The number of nitrogens with one attached hydrogen (secondary N) is 1. The number of amides is 1. The van der Waals surface area contributed by atoms with Crippen LogP contribution < -0.4 is 10.1 Å². The Bertz CT molecular complexity index is 1620. The minimum absolute atomic E-state index is 0.0559. The number of pyridine rings is 2. The molecule has 1 aliphatic heterocycles. The second kappa shape index (κ2) is 8.73. The fourth-order valence-corrected chi connectivity index (χ4v) is 4.21. The van der Waals surface area contributed by atoms with Gasteiger partial charge in [-0.05, 0) is 55.0 Å². The summed E-state index contributed by atoms with van der Waals surface area (Å²) >= 11 is 0. The molecule has 1 aromatic carbocycles. The Kier molecular flexibility index (Phi) is 5.25. The molecule has 0 radical (unpaired) electrons. The first-order valence-corrected chi connectivity index (χ1v) is 11.5. The van der Waals surface area contributed by atoms with E-state index in [0.717, 1.165) is 28.2 Å². The molecule has 36 heavy (non-hydrogen) atoms. The van der Waals surface area contributed by atoms with E-state index in [4.69, 9.17) is 9.72 Å². The highest BCUT2D eigenvalue weighted by atomic mass is 16.5. The van der Waals surface area contributed by atoms with Crippen LogP contribution in [0.1, 0.15) is 17.2 Å². The van der Waals surface area contributed by atoms with Crippen molar-refractivity contribution in [3.63, 3.8) is 0 Å². The van der Waals surface area contributed by atoms with Gasteiger partial charge >= 0.3 is 0 Å². The van der Waals surface area contributed by atoms with E-state index in [-0.39, 0.29) is 11.8 Å². The van der Waals surface area contributed by atoms with Crippen LogP contribution in [-0.2, 0) is 4.79 Å². The predicted molar refractivity (Wildman–Crippen MR) is 134 cm³/mol. The van der Waals surface area contributed by atoms with Gasteiger partial charge in [0.05, 0.1) is 5.52 Å². The first kappa shape index (κ1) is 21.7. The first-order valence-electron chi connectivity index (χ1n) is 11.5. The summed E-state index contributed by atoms with van der Waals surface area (Å²) in [6.45, 7) is 6.79. The van der Waals surface area contributed by atoms with E-state index < -0.39 is 0 Å². The Labute approximate surface area is 206 Å². The first-order chi connectivity index (χ1) is 17.6. The van der Waals surface area contributed by atoms with Crippen LogP contribution >= 0.6 is 0 Å². The lowest BCUT2D eigenvalue weighted by molar-refractivity contribution is -0.130. The van der Waals surface area contributed by atoms with Crippen molar-refractivity contribution in [3.05, 3.63) is 85.2 Å². The molecule has 10 heteroatoms.